The van der Waals surface area contributed by atoms with Gasteiger partial charge in [0.15, 0.2) is 5.78 Å². The van der Waals surface area contributed by atoms with Crippen molar-refractivity contribution in [3.05, 3.63) is 65.2 Å². The monoisotopic (exact) mass is 473 g/mol. The Labute approximate surface area is 207 Å². The first-order valence-corrected chi connectivity index (χ1v) is 13.0. The van der Waals surface area contributed by atoms with Crippen LogP contribution >= 0.6 is 0 Å². The van der Waals surface area contributed by atoms with Crippen molar-refractivity contribution in [1.82, 2.24) is 9.80 Å². The molecule has 2 saturated heterocycles. The molecule has 0 saturated carbocycles. The molecule has 2 aromatic rings. The van der Waals surface area contributed by atoms with Gasteiger partial charge in [0.05, 0.1) is 11.3 Å². The van der Waals surface area contributed by atoms with Gasteiger partial charge >= 0.3 is 0 Å². The van der Waals surface area contributed by atoms with Gasteiger partial charge in [-0.05, 0) is 81.8 Å². The van der Waals surface area contributed by atoms with E-state index in [1.807, 2.05) is 0 Å². The number of carbonyl (C=O) groups excluding carboxylic acids is 3. The van der Waals surface area contributed by atoms with Crippen molar-refractivity contribution in [2.75, 3.05) is 38.1 Å². The van der Waals surface area contributed by atoms with Crippen molar-refractivity contribution >= 4 is 23.3 Å². The van der Waals surface area contributed by atoms with Crippen molar-refractivity contribution in [1.29, 1.82) is 0 Å². The van der Waals surface area contributed by atoms with Gasteiger partial charge in [-0.3, -0.25) is 14.4 Å². The Kier molecular flexibility index (Phi) is 7.00. The predicted molar refractivity (Wildman–Crippen MR) is 137 cm³/mol. The molecule has 0 unspecified atom stereocenters. The average molecular weight is 474 g/mol. The highest BCUT2D eigenvalue weighted by Gasteiger charge is 2.40. The molecule has 3 aliphatic rings. The number of piperidine rings is 1. The van der Waals surface area contributed by atoms with E-state index in [2.05, 4.69) is 35.2 Å². The molecule has 3 heterocycles. The first-order chi connectivity index (χ1) is 17.0. The maximum atomic E-state index is 13.0. The smallest absolute Gasteiger partial charge is 0.256 e. The Hall–Kier alpha value is -2.99. The SMILES string of the molecule is CN1C(=O)[C@H]2CCCN2C(=O)c2ccc(C(=O)CCCN3CCC(Cc4ccccc4)CC3)cc21. The highest BCUT2D eigenvalue weighted by atomic mass is 16.2. The standard InChI is InChI=1S/C29H35N3O3/c1-30-26-20-23(11-12-24(26)28(34)32-16-5-9-25(32)29(30)35)27(33)10-6-15-31-17-13-22(14-18-31)19-21-7-3-2-4-8-21/h2-4,7-8,11-12,20,22,25H,5-6,9-10,13-19H2,1H3/t25-/m1/s1. The summed E-state index contributed by atoms with van der Waals surface area (Å²) in [6.45, 7) is 3.74. The highest BCUT2D eigenvalue weighted by molar-refractivity contribution is 6.12. The number of hydrogen-bond donors (Lipinski definition) is 0. The maximum absolute atomic E-state index is 13.0. The van der Waals surface area contributed by atoms with E-state index in [1.54, 1.807) is 35.0 Å². The van der Waals surface area contributed by atoms with Gasteiger partial charge in [-0.1, -0.05) is 36.4 Å². The Morgan fingerprint density at radius 3 is 2.51 bits per heavy atom. The molecule has 5 rings (SSSR count). The van der Waals surface area contributed by atoms with E-state index >= 15 is 0 Å². The summed E-state index contributed by atoms with van der Waals surface area (Å²) in [7, 11) is 1.71. The normalized spacial score (nSPS) is 21.1. The Morgan fingerprint density at radius 1 is 0.971 bits per heavy atom. The number of fused-ring (bicyclic) bond motifs is 2. The van der Waals surface area contributed by atoms with Crippen LogP contribution in [0.4, 0.5) is 5.69 Å². The van der Waals surface area contributed by atoms with Crippen molar-refractivity contribution in [2.45, 2.75) is 51.0 Å². The molecule has 6 nitrogen and oxygen atoms in total. The fourth-order valence-electron chi connectivity index (χ4n) is 5.90. The lowest BCUT2D eigenvalue weighted by Gasteiger charge is -2.32. The lowest BCUT2D eigenvalue weighted by atomic mass is 9.90. The zero-order valence-corrected chi connectivity index (χ0v) is 20.6. The minimum atomic E-state index is -0.379. The van der Waals surface area contributed by atoms with Crippen LogP contribution in [-0.4, -0.2) is 66.7 Å². The second-order valence-corrected chi connectivity index (χ2v) is 10.3. The van der Waals surface area contributed by atoms with E-state index in [-0.39, 0.29) is 23.6 Å². The highest BCUT2D eigenvalue weighted by Crippen LogP contribution is 2.32. The number of likely N-dealkylation sites (tertiary alicyclic amines) is 1. The number of anilines is 1. The van der Waals surface area contributed by atoms with E-state index in [0.29, 0.717) is 36.2 Å². The first kappa shape index (κ1) is 23.7. The molecule has 0 radical (unpaired) electrons. The van der Waals surface area contributed by atoms with Gasteiger partial charge in [0.25, 0.3) is 5.91 Å². The summed E-state index contributed by atoms with van der Waals surface area (Å²) < 4.78 is 0. The van der Waals surface area contributed by atoms with E-state index in [4.69, 9.17) is 0 Å². The molecule has 0 N–H and O–H groups in total. The molecule has 0 aliphatic carbocycles. The van der Waals surface area contributed by atoms with Gasteiger partial charge in [0.1, 0.15) is 6.04 Å². The molecular formula is C29H35N3O3. The number of rotatable bonds is 7. The van der Waals surface area contributed by atoms with E-state index in [0.717, 1.165) is 44.8 Å². The predicted octanol–water partition coefficient (Wildman–Crippen LogP) is 4.19. The minimum absolute atomic E-state index is 0.0603. The lowest BCUT2D eigenvalue weighted by molar-refractivity contribution is -0.121. The molecule has 2 fully saturated rings. The van der Waals surface area contributed by atoms with Gasteiger partial charge in [0, 0.05) is 25.6 Å². The summed E-state index contributed by atoms with van der Waals surface area (Å²) >= 11 is 0. The molecule has 1 atom stereocenters. The number of hydrogen-bond acceptors (Lipinski definition) is 4. The quantitative estimate of drug-likeness (QED) is 0.566. The molecule has 184 valence electrons. The third-order valence-electron chi connectivity index (χ3n) is 7.99. The maximum Gasteiger partial charge on any atom is 0.256 e. The number of Topliss-reactive ketones (excluding diaryl/α,β-unsaturated/α-hetero) is 1. The number of benzene rings is 2. The van der Waals surface area contributed by atoms with Crippen molar-refractivity contribution in [2.24, 2.45) is 5.92 Å². The first-order valence-electron chi connectivity index (χ1n) is 13.0. The largest absolute Gasteiger partial charge is 0.327 e. The molecular weight excluding hydrogens is 438 g/mol. The van der Waals surface area contributed by atoms with Gasteiger partial charge in [-0.15, -0.1) is 0 Å². The third-order valence-corrected chi connectivity index (χ3v) is 7.99. The van der Waals surface area contributed by atoms with Crippen molar-refractivity contribution in [3.8, 4) is 0 Å². The molecule has 2 aromatic carbocycles. The second kappa shape index (κ2) is 10.3. The topological polar surface area (TPSA) is 60.9 Å². The van der Waals surface area contributed by atoms with Crippen LogP contribution in [0.1, 0.15) is 64.8 Å². The summed E-state index contributed by atoms with van der Waals surface area (Å²) in [6, 6.07) is 15.6. The number of carbonyl (C=O) groups is 3. The van der Waals surface area contributed by atoms with Crippen LogP contribution in [0.2, 0.25) is 0 Å². The molecule has 6 heteroatoms. The van der Waals surface area contributed by atoms with Crippen LogP contribution in [0.5, 0.6) is 0 Å². The molecule has 3 aliphatic heterocycles. The fraction of sp³-hybridized carbons (Fsp3) is 0.483. The zero-order chi connectivity index (χ0) is 24.4. The van der Waals surface area contributed by atoms with Crippen LogP contribution in [0.15, 0.2) is 48.5 Å². The average Bonchev–Trinajstić information content (AvgIpc) is 3.36. The number of nitrogens with zero attached hydrogens (tertiary/aromatic N) is 3. The molecule has 0 spiro atoms. The Morgan fingerprint density at radius 2 is 1.74 bits per heavy atom. The van der Waals surface area contributed by atoms with E-state index in [9.17, 15) is 14.4 Å². The molecule has 2 amide bonds. The molecule has 0 aromatic heterocycles. The van der Waals surface area contributed by atoms with E-state index in [1.165, 1.54) is 18.4 Å². The van der Waals surface area contributed by atoms with E-state index < -0.39 is 0 Å². The van der Waals surface area contributed by atoms with Crippen LogP contribution in [0.25, 0.3) is 0 Å². The summed E-state index contributed by atoms with van der Waals surface area (Å²) in [5.41, 5.74) is 3.08. The summed E-state index contributed by atoms with van der Waals surface area (Å²) in [6.07, 6.45) is 6.43. The van der Waals surface area contributed by atoms with Crippen LogP contribution < -0.4 is 4.90 Å². The van der Waals surface area contributed by atoms with Crippen LogP contribution in [-0.2, 0) is 11.2 Å². The number of ketones is 1. The van der Waals surface area contributed by atoms with Crippen molar-refractivity contribution < 1.29 is 14.4 Å². The summed E-state index contributed by atoms with van der Waals surface area (Å²) in [5, 5.41) is 0. The van der Waals surface area contributed by atoms with Crippen LogP contribution in [0.3, 0.4) is 0 Å². The third kappa shape index (κ3) is 5.03. The number of amides is 2. The van der Waals surface area contributed by atoms with Gasteiger partial charge in [-0.2, -0.15) is 0 Å². The molecule has 0 bridgehead atoms. The lowest BCUT2D eigenvalue weighted by Crippen LogP contribution is -2.43. The number of likely N-dealkylation sites (N-methyl/N-ethyl adjacent to an activating group) is 1. The summed E-state index contributed by atoms with van der Waals surface area (Å²) in [5.74, 6) is 0.655. The zero-order valence-electron chi connectivity index (χ0n) is 20.6. The van der Waals surface area contributed by atoms with Gasteiger partial charge < -0.3 is 14.7 Å². The molecule has 35 heavy (non-hydrogen) atoms. The summed E-state index contributed by atoms with van der Waals surface area (Å²) in [4.78, 5) is 44.6. The van der Waals surface area contributed by atoms with Crippen LogP contribution in [0, 0.1) is 5.92 Å². The minimum Gasteiger partial charge on any atom is -0.327 e. The van der Waals surface area contributed by atoms with Gasteiger partial charge in [-0.25, -0.2) is 0 Å². The van der Waals surface area contributed by atoms with Crippen molar-refractivity contribution in [3.63, 3.8) is 0 Å². The second-order valence-electron chi connectivity index (χ2n) is 10.3. The Bertz CT molecular complexity index is 1090. The Balaban J connectivity index is 1.14. The van der Waals surface area contributed by atoms with Gasteiger partial charge in [0.2, 0.25) is 5.91 Å². The fourth-order valence-corrected chi connectivity index (χ4v) is 5.90.